The van der Waals surface area contributed by atoms with E-state index in [-0.39, 0.29) is 49.2 Å². The molecule has 1 aromatic rings. The molecule has 4 aliphatic rings. The number of alkyl halides is 3. The first-order valence-corrected chi connectivity index (χ1v) is 23.6. The van der Waals surface area contributed by atoms with Gasteiger partial charge in [-0.2, -0.15) is 13.2 Å². The lowest BCUT2D eigenvalue weighted by Gasteiger charge is -2.47. The number of methoxy groups -OCH3 is 3. The molecule has 5 rings (SSSR count). The van der Waals surface area contributed by atoms with Gasteiger partial charge < -0.3 is 43.5 Å². The molecule has 3 heterocycles. The molecule has 16 heteroatoms. The monoisotopic (exact) mass is 936 g/mol. The predicted molar refractivity (Wildman–Crippen MR) is 238 cm³/mol. The Labute approximate surface area is 387 Å². The lowest BCUT2D eigenvalue weighted by atomic mass is 9.81. The van der Waals surface area contributed by atoms with Crippen molar-refractivity contribution < 1.29 is 71.0 Å². The Balaban J connectivity index is 1.47. The van der Waals surface area contributed by atoms with E-state index < -0.39 is 102 Å². The lowest BCUT2D eigenvalue weighted by Crippen LogP contribution is -2.64. The van der Waals surface area contributed by atoms with E-state index in [9.17, 15) is 42.6 Å². The quantitative estimate of drug-likeness (QED) is 0.149. The highest BCUT2D eigenvalue weighted by Crippen LogP contribution is 2.40. The average molecular weight is 936 g/mol. The Kier molecular flexibility index (Phi) is 18.6. The van der Waals surface area contributed by atoms with Gasteiger partial charge >= 0.3 is 12.1 Å². The van der Waals surface area contributed by atoms with Crippen LogP contribution in [0.4, 0.5) is 13.2 Å². The molecule has 2 N–H and O–H groups in total. The maximum Gasteiger partial charge on any atom is 0.416 e. The maximum absolute atomic E-state index is 14.5. The van der Waals surface area contributed by atoms with Crippen LogP contribution in [0.5, 0.6) is 5.75 Å². The second kappa shape index (κ2) is 23.1. The minimum Gasteiger partial charge on any atom is -0.488 e. The number of ketones is 2. The number of allylic oxidation sites excluding steroid dienone is 3. The Morgan fingerprint density at radius 1 is 0.894 bits per heavy atom. The van der Waals surface area contributed by atoms with Gasteiger partial charge in [0.15, 0.2) is 0 Å². The number of amides is 1. The maximum atomic E-state index is 14.5. The highest BCUT2D eigenvalue weighted by atomic mass is 19.4. The van der Waals surface area contributed by atoms with Crippen LogP contribution in [-0.2, 0) is 49.0 Å². The van der Waals surface area contributed by atoms with Crippen molar-refractivity contribution in [2.75, 3.05) is 27.9 Å². The summed E-state index contributed by atoms with van der Waals surface area (Å²) in [5, 5.41) is 23.9. The fourth-order valence-corrected chi connectivity index (χ4v) is 10.4. The number of cyclic esters (lactones) is 1. The smallest absolute Gasteiger partial charge is 0.416 e. The molecule has 14 atom stereocenters. The van der Waals surface area contributed by atoms with Gasteiger partial charge in [-0.15, -0.1) is 0 Å². The zero-order chi connectivity index (χ0) is 48.7. The number of fused-ring (bicyclic) bond motifs is 3. The SMILES string of the molecule is CC[C@@H]1/C=C(\C)C[C@H](C)C[C@H](OC)[C@H]2O[C@@](O)(C(=O)C(=O)N3CCCC[C@H]3C(=O)O[C@H](/C(C)=C/[C@@H]3CC[C@@H](Oc4ccc(C(F)(F)F)cc4)[C@H](OC)C3)[C@H](C)[C@@H](O)CC1=O)[C@H](C)C[C@@H]2OC. The third-order valence-electron chi connectivity index (χ3n) is 14.3. The summed E-state index contributed by atoms with van der Waals surface area (Å²) in [4.78, 5) is 58.2. The lowest BCUT2D eigenvalue weighted by molar-refractivity contribution is -0.302. The molecule has 3 fully saturated rings. The van der Waals surface area contributed by atoms with Crippen molar-refractivity contribution in [2.24, 2.45) is 29.6 Å². The topological polar surface area (TPSA) is 167 Å². The van der Waals surface area contributed by atoms with Crippen LogP contribution in [0.2, 0.25) is 0 Å². The molecule has 0 spiro atoms. The molecule has 2 saturated heterocycles. The molecule has 2 bridgehead atoms. The summed E-state index contributed by atoms with van der Waals surface area (Å²) in [5.74, 6) is -7.79. The van der Waals surface area contributed by atoms with E-state index in [4.69, 9.17) is 28.4 Å². The van der Waals surface area contributed by atoms with Gasteiger partial charge in [0.05, 0.1) is 30.0 Å². The highest BCUT2D eigenvalue weighted by Gasteiger charge is 2.56. The molecule has 1 amide bonds. The van der Waals surface area contributed by atoms with Crippen LogP contribution in [0.1, 0.15) is 118 Å². The molecular formula is C50H72F3NO12. The van der Waals surface area contributed by atoms with Crippen LogP contribution in [0.15, 0.2) is 47.6 Å². The molecule has 13 nitrogen and oxygen atoms in total. The zero-order valence-electron chi connectivity index (χ0n) is 40.0. The van der Waals surface area contributed by atoms with E-state index in [1.165, 1.54) is 33.5 Å². The number of ether oxygens (including phenoxy) is 6. The molecule has 0 aromatic heterocycles. The summed E-state index contributed by atoms with van der Waals surface area (Å²) >= 11 is 0. The first kappa shape index (κ1) is 53.3. The number of benzene rings is 1. The number of halogens is 3. The van der Waals surface area contributed by atoms with E-state index in [1.807, 2.05) is 32.9 Å². The Morgan fingerprint density at radius 2 is 1.55 bits per heavy atom. The summed E-state index contributed by atoms with van der Waals surface area (Å²) in [7, 11) is 4.56. The van der Waals surface area contributed by atoms with Gasteiger partial charge in [0, 0.05) is 52.0 Å². The summed E-state index contributed by atoms with van der Waals surface area (Å²) in [6.07, 6.45) is -1.63. The minimum atomic E-state index is -4.48. The van der Waals surface area contributed by atoms with Crippen molar-refractivity contribution in [1.82, 2.24) is 4.90 Å². The summed E-state index contributed by atoms with van der Waals surface area (Å²) in [5.41, 5.74) is 0.771. The number of hydrogen-bond donors (Lipinski definition) is 2. The molecule has 1 aromatic carbocycles. The number of hydrogen-bond acceptors (Lipinski definition) is 12. The van der Waals surface area contributed by atoms with Gasteiger partial charge in [0.1, 0.15) is 35.9 Å². The Bertz CT molecular complexity index is 1890. The van der Waals surface area contributed by atoms with Gasteiger partial charge in [-0.1, -0.05) is 45.4 Å². The van der Waals surface area contributed by atoms with E-state index >= 15 is 0 Å². The fourth-order valence-electron chi connectivity index (χ4n) is 10.4. The number of aliphatic hydroxyl groups is 2. The first-order chi connectivity index (χ1) is 31.1. The van der Waals surface area contributed by atoms with Gasteiger partial charge in [0.2, 0.25) is 5.79 Å². The second-order valence-corrected chi connectivity index (χ2v) is 19.3. The predicted octanol–water partition coefficient (Wildman–Crippen LogP) is 7.58. The van der Waals surface area contributed by atoms with Crippen molar-refractivity contribution in [1.29, 1.82) is 0 Å². The van der Waals surface area contributed by atoms with Crippen LogP contribution in [-0.4, -0.2) is 121 Å². The number of esters is 1. The van der Waals surface area contributed by atoms with E-state index in [2.05, 4.69) is 0 Å². The molecule has 66 heavy (non-hydrogen) atoms. The molecule has 3 aliphatic heterocycles. The summed E-state index contributed by atoms with van der Waals surface area (Å²) in [6.45, 7) is 11.0. The number of piperidine rings is 1. The second-order valence-electron chi connectivity index (χ2n) is 19.3. The van der Waals surface area contributed by atoms with Crippen molar-refractivity contribution >= 4 is 23.4 Å². The third kappa shape index (κ3) is 12.7. The third-order valence-corrected chi connectivity index (χ3v) is 14.3. The average Bonchev–Trinajstić information content (AvgIpc) is 3.28. The largest absolute Gasteiger partial charge is 0.488 e. The van der Waals surface area contributed by atoms with Crippen LogP contribution in [0, 0.1) is 29.6 Å². The van der Waals surface area contributed by atoms with Gasteiger partial charge in [-0.05, 0) is 120 Å². The molecule has 0 radical (unpaired) electrons. The van der Waals surface area contributed by atoms with Gasteiger partial charge in [-0.3, -0.25) is 14.4 Å². The van der Waals surface area contributed by atoms with Crippen molar-refractivity contribution in [3.05, 3.63) is 53.1 Å². The molecule has 0 unspecified atom stereocenters. The van der Waals surface area contributed by atoms with E-state index in [0.717, 1.165) is 22.6 Å². The molecule has 370 valence electrons. The first-order valence-electron chi connectivity index (χ1n) is 23.6. The molecule has 1 saturated carbocycles. The standard InChI is InChI=1S/C50H72F3NO12/c1-10-34-22-28(2)21-29(3)23-42(62-8)45-43(63-9)25-31(5)49(60,66-45)46(57)47(58)54-20-12-11-13-37(54)48(59)65-44(32(6)38(55)27-39(34)56)30(4)24-33-14-19-40(41(26-33)61-7)64-36-17-15-35(16-18-36)50(51,52)53/h15-18,22,24,29,31-34,37-38,40-45,55,60H,10-14,19-21,23,25-27H2,1-9H3/b28-22+,30-24+/t29-,31+,32+,33-,34+,37-,38-,40+,41+,42-,43-,44+,45+,49+/m0/s1. The van der Waals surface area contributed by atoms with Crippen LogP contribution >= 0.6 is 0 Å². The Hall–Kier alpha value is -3.67. The molecule has 1 aliphatic carbocycles. The van der Waals surface area contributed by atoms with E-state index in [1.54, 1.807) is 20.8 Å². The normalized spacial score (nSPS) is 37.2. The summed E-state index contributed by atoms with van der Waals surface area (Å²) < 4.78 is 75.8. The van der Waals surface area contributed by atoms with Crippen molar-refractivity contribution in [3.63, 3.8) is 0 Å². The summed E-state index contributed by atoms with van der Waals surface area (Å²) in [6, 6.07) is 3.32. The number of Topliss-reactive ketones (excluding diaryl/α,β-unsaturated/α-hetero) is 2. The van der Waals surface area contributed by atoms with Crippen molar-refractivity contribution in [3.8, 4) is 5.75 Å². The van der Waals surface area contributed by atoms with Crippen LogP contribution in [0.3, 0.4) is 0 Å². The fraction of sp³-hybridized carbons (Fsp3) is 0.720. The number of aliphatic hydroxyl groups excluding tert-OH is 1. The molecular weight excluding hydrogens is 864 g/mol. The van der Waals surface area contributed by atoms with Crippen molar-refractivity contribution in [2.45, 2.75) is 173 Å². The highest BCUT2D eigenvalue weighted by molar-refractivity contribution is 6.39. The number of nitrogens with zero attached hydrogens (tertiary/aromatic N) is 1. The number of carbonyl (C=O) groups is 4. The van der Waals surface area contributed by atoms with Gasteiger partial charge in [-0.25, -0.2) is 4.79 Å². The minimum absolute atomic E-state index is 0.00187. The van der Waals surface area contributed by atoms with E-state index in [0.29, 0.717) is 56.9 Å². The number of carbonyl (C=O) groups excluding carboxylic acids is 4. The van der Waals surface area contributed by atoms with Crippen LogP contribution in [0.25, 0.3) is 0 Å². The van der Waals surface area contributed by atoms with Gasteiger partial charge in [0.25, 0.3) is 11.7 Å². The Morgan fingerprint density at radius 3 is 2.17 bits per heavy atom. The number of rotatable bonds is 8. The van der Waals surface area contributed by atoms with Crippen LogP contribution < -0.4 is 4.74 Å². The zero-order valence-corrected chi connectivity index (χ0v) is 40.0.